The lowest BCUT2D eigenvalue weighted by atomic mass is 9.82. The van der Waals surface area contributed by atoms with Crippen LogP contribution < -0.4 is 0 Å². The predicted molar refractivity (Wildman–Crippen MR) is 79.4 cm³/mol. The zero-order chi connectivity index (χ0) is 13.7. The normalized spacial score (nSPS) is 33.7. The van der Waals surface area contributed by atoms with Crippen LogP contribution in [0.25, 0.3) is 10.8 Å². The fraction of sp³-hybridized carbons (Fsp3) is 0.471. The van der Waals surface area contributed by atoms with E-state index in [1.165, 1.54) is 12.8 Å². The lowest BCUT2D eigenvalue weighted by Gasteiger charge is -2.42. The monoisotopic (exact) mass is 268 g/mol. The summed E-state index contributed by atoms with van der Waals surface area (Å²) in [5.41, 5.74) is 0.111. The molecule has 0 radical (unpaired) electrons. The number of aromatic nitrogens is 1. The molecule has 2 aliphatic rings. The van der Waals surface area contributed by atoms with Gasteiger partial charge in [-0.2, -0.15) is 0 Å². The zero-order valence-corrected chi connectivity index (χ0v) is 11.8. The van der Waals surface area contributed by atoms with E-state index in [1.54, 1.807) is 0 Å². The van der Waals surface area contributed by atoms with Crippen LogP contribution in [0.15, 0.2) is 36.5 Å². The van der Waals surface area contributed by atoms with E-state index < -0.39 is 5.60 Å². The highest BCUT2D eigenvalue weighted by Crippen LogP contribution is 2.45. The molecular weight excluding hydrogens is 248 g/mol. The van der Waals surface area contributed by atoms with Crippen molar-refractivity contribution in [1.29, 1.82) is 0 Å². The lowest BCUT2D eigenvalue weighted by molar-refractivity contribution is -0.0512. The van der Waals surface area contributed by atoms with Crippen molar-refractivity contribution in [2.45, 2.75) is 43.4 Å². The Morgan fingerprint density at radius 3 is 2.60 bits per heavy atom. The van der Waals surface area contributed by atoms with Crippen LogP contribution in [-0.4, -0.2) is 34.1 Å². The SMILES string of the molecule is CN1C2CCC1CC(O)(c1nccc3ccccc13)C2. The fourth-order valence-electron chi connectivity index (χ4n) is 4.13. The summed E-state index contributed by atoms with van der Waals surface area (Å²) in [6, 6.07) is 11.3. The number of nitrogens with zero attached hydrogens (tertiary/aromatic N) is 2. The Balaban J connectivity index is 1.83. The van der Waals surface area contributed by atoms with Gasteiger partial charge in [0, 0.05) is 23.7 Å². The average molecular weight is 268 g/mol. The van der Waals surface area contributed by atoms with Gasteiger partial charge < -0.3 is 10.0 Å². The van der Waals surface area contributed by atoms with Gasteiger partial charge in [-0.1, -0.05) is 24.3 Å². The smallest absolute Gasteiger partial charge is 0.110 e. The van der Waals surface area contributed by atoms with Gasteiger partial charge in [0.05, 0.1) is 5.69 Å². The molecule has 2 saturated heterocycles. The minimum Gasteiger partial charge on any atom is -0.383 e. The van der Waals surface area contributed by atoms with E-state index in [0.29, 0.717) is 12.1 Å². The van der Waals surface area contributed by atoms with Crippen molar-refractivity contribution < 1.29 is 5.11 Å². The zero-order valence-electron chi connectivity index (χ0n) is 11.8. The van der Waals surface area contributed by atoms with Crippen molar-refractivity contribution >= 4 is 10.8 Å². The molecule has 0 aliphatic carbocycles. The maximum atomic E-state index is 11.3. The molecule has 0 spiro atoms. The summed E-state index contributed by atoms with van der Waals surface area (Å²) in [5, 5.41) is 13.5. The van der Waals surface area contributed by atoms with Crippen molar-refractivity contribution in [3.63, 3.8) is 0 Å². The molecule has 2 unspecified atom stereocenters. The van der Waals surface area contributed by atoms with E-state index in [9.17, 15) is 5.11 Å². The first-order valence-electron chi connectivity index (χ1n) is 7.46. The molecule has 2 fully saturated rings. The molecule has 2 aromatic rings. The Hall–Kier alpha value is -1.45. The van der Waals surface area contributed by atoms with Crippen molar-refractivity contribution in [1.82, 2.24) is 9.88 Å². The highest BCUT2D eigenvalue weighted by Gasteiger charge is 2.47. The largest absolute Gasteiger partial charge is 0.383 e. The first-order valence-corrected chi connectivity index (χ1v) is 7.46. The molecule has 3 heterocycles. The van der Waals surface area contributed by atoms with Crippen LogP contribution in [0.5, 0.6) is 0 Å². The molecule has 2 aliphatic heterocycles. The van der Waals surface area contributed by atoms with E-state index in [-0.39, 0.29) is 0 Å². The molecule has 0 amide bonds. The fourth-order valence-corrected chi connectivity index (χ4v) is 4.13. The second kappa shape index (κ2) is 4.27. The minimum atomic E-state index is -0.765. The summed E-state index contributed by atoms with van der Waals surface area (Å²) >= 11 is 0. The molecule has 1 N–H and O–H groups in total. The third-order valence-corrected chi connectivity index (χ3v) is 5.25. The molecule has 3 nitrogen and oxygen atoms in total. The number of fused-ring (bicyclic) bond motifs is 3. The van der Waals surface area contributed by atoms with Gasteiger partial charge in [-0.15, -0.1) is 0 Å². The lowest BCUT2D eigenvalue weighted by Crippen LogP contribution is -2.48. The number of rotatable bonds is 1. The third-order valence-electron chi connectivity index (χ3n) is 5.25. The van der Waals surface area contributed by atoms with Crippen LogP contribution in [0.4, 0.5) is 0 Å². The number of hydrogen-bond donors (Lipinski definition) is 1. The predicted octanol–water partition coefficient (Wildman–Crippen LogP) is 2.68. The second-order valence-electron chi connectivity index (χ2n) is 6.37. The van der Waals surface area contributed by atoms with Crippen molar-refractivity contribution in [2.75, 3.05) is 7.05 Å². The number of benzene rings is 1. The van der Waals surface area contributed by atoms with E-state index in [0.717, 1.165) is 29.3 Å². The average Bonchev–Trinajstić information content (AvgIpc) is 2.70. The Labute approximate surface area is 119 Å². The number of hydrogen-bond acceptors (Lipinski definition) is 3. The maximum absolute atomic E-state index is 11.3. The van der Waals surface area contributed by atoms with E-state index >= 15 is 0 Å². The number of piperidine rings is 1. The topological polar surface area (TPSA) is 36.4 Å². The summed E-state index contributed by atoms with van der Waals surface area (Å²) < 4.78 is 0. The minimum absolute atomic E-state index is 0.500. The van der Waals surface area contributed by atoms with Crippen molar-refractivity contribution in [3.8, 4) is 0 Å². The highest BCUT2D eigenvalue weighted by atomic mass is 16.3. The summed E-state index contributed by atoms with van der Waals surface area (Å²) in [7, 11) is 2.19. The van der Waals surface area contributed by atoms with E-state index in [2.05, 4.69) is 29.1 Å². The highest BCUT2D eigenvalue weighted by molar-refractivity contribution is 5.85. The van der Waals surface area contributed by atoms with Gasteiger partial charge in [0.25, 0.3) is 0 Å². The maximum Gasteiger partial charge on any atom is 0.110 e. The molecule has 1 aromatic carbocycles. The van der Waals surface area contributed by atoms with Gasteiger partial charge in [0.2, 0.25) is 0 Å². The van der Waals surface area contributed by atoms with Crippen LogP contribution in [0, 0.1) is 0 Å². The Bertz CT molecular complexity index is 635. The van der Waals surface area contributed by atoms with Gasteiger partial charge in [0.1, 0.15) is 5.60 Å². The molecule has 3 heteroatoms. The van der Waals surface area contributed by atoms with Gasteiger partial charge in [-0.3, -0.25) is 4.98 Å². The molecular formula is C17H20N2O. The van der Waals surface area contributed by atoms with Crippen molar-refractivity contribution in [3.05, 3.63) is 42.2 Å². The summed E-state index contributed by atoms with van der Waals surface area (Å²) in [6.07, 6.45) is 5.85. The first kappa shape index (κ1) is 12.3. The van der Waals surface area contributed by atoms with E-state index in [1.807, 2.05) is 24.4 Å². The van der Waals surface area contributed by atoms with Crippen LogP contribution in [-0.2, 0) is 5.60 Å². The third kappa shape index (κ3) is 1.70. The first-order chi connectivity index (χ1) is 9.67. The number of pyridine rings is 1. The van der Waals surface area contributed by atoms with Gasteiger partial charge >= 0.3 is 0 Å². The van der Waals surface area contributed by atoms with Crippen LogP contribution in [0.3, 0.4) is 0 Å². The Morgan fingerprint density at radius 1 is 1.15 bits per heavy atom. The van der Waals surface area contributed by atoms with Crippen LogP contribution in [0.1, 0.15) is 31.4 Å². The van der Waals surface area contributed by atoms with Crippen LogP contribution >= 0.6 is 0 Å². The second-order valence-corrected chi connectivity index (χ2v) is 6.37. The summed E-state index contributed by atoms with van der Waals surface area (Å²) in [4.78, 5) is 7.00. The Kier molecular flexibility index (Phi) is 2.63. The van der Waals surface area contributed by atoms with Crippen LogP contribution in [0.2, 0.25) is 0 Å². The molecule has 2 atom stereocenters. The standard InChI is InChI=1S/C17H20N2O/c1-19-13-6-7-14(19)11-17(20,10-13)16-15-5-3-2-4-12(15)8-9-18-16/h2-5,8-9,13-14,20H,6-7,10-11H2,1H3. The quantitative estimate of drug-likeness (QED) is 0.864. The number of aliphatic hydroxyl groups is 1. The molecule has 1 aromatic heterocycles. The molecule has 2 bridgehead atoms. The van der Waals surface area contributed by atoms with E-state index in [4.69, 9.17) is 0 Å². The molecule has 0 saturated carbocycles. The molecule has 104 valence electrons. The van der Waals surface area contributed by atoms with Gasteiger partial charge in [0.15, 0.2) is 0 Å². The molecule has 20 heavy (non-hydrogen) atoms. The Morgan fingerprint density at radius 2 is 1.85 bits per heavy atom. The summed E-state index contributed by atoms with van der Waals surface area (Å²) in [5.74, 6) is 0. The summed E-state index contributed by atoms with van der Waals surface area (Å²) in [6.45, 7) is 0. The van der Waals surface area contributed by atoms with Gasteiger partial charge in [-0.25, -0.2) is 0 Å². The van der Waals surface area contributed by atoms with Crippen molar-refractivity contribution in [2.24, 2.45) is 0 Å². The molecule has 4 rings (SSSR count). The van der Waals surface area contributed by atoms with Gasteiger partial charge in [-0.05, 0) is 44.2 Å².